The molecule has 0 unspecified atom stereocenters. The van der Waals surface area contributed by atoms with Crippen molar-refractivity contribution < 1.29 is 4.79 Å². The smallest absolute Gasteiger partial charge is 0.319 e. The van der Waals surface area contributed by atoms with E-state index in [0.29, 0.717) is 0 Å². The Balaban J connectivity index is 1.71. The van der Waals surface area contributed by atoms with Gasteiger partial charge in [0.1, 0.15) is 5.65 Å². The van der Waals surface area contributed by atoms with E-state index in [1.54, 1.807) is 0 Å². The number of urea groups is 1. The van der Waals surface area contributed by atoms with Gasteiger partial charge in [-0.1, -0.05) is 30.3 Å². The van der Waals surface area contributed by atoms with Crippen molar-refractivity contribution in [3.05, 3.63) is 66.1 Å². The number of nitrogens with zero attached hydrogens (tertiary/aromatic N) is 3. The Kier molecular flexibility index (Phi) is 5.00. The van der Waals surface area contributed by atoms with Crippen LogP contribution in [-0.2, 0) is 0 Å². The monoisotopic (exact) mass is 337 g/mol. The quantitative estimate of drug-likeness (QED) is 0.752. The van der Waals surface area contributed by atoms with Crippen LogP contribution in [0.4, 0.5) is 10.5 Å². The number of imidazole rings is 1. The van der Waals surface area contributed by atoms with E-state index < -0.39 is 0 Å². The fraction of sp³-hybridized carbons (Fsp3) is 0.263. The minimum atomic E-state index is -0.230. The van der Waals surface area contributed by atoms with Crippen molar-refractivity contribution in [1.29, 1.82) is 0 Å². The number of hydrogen-bond donors (Lipinski definition) is 2. The normalized spacial score (nSPS) is 12.3. The van der Waals surface area contributed by atoms with Gasteiger partial charge in [0.05, 0.1) is 17.4 Å². The van der Waals surface area contributed by atoms with E-state index >= 15 is 0 Å². The molecule has 0 bridgehead atoms. The third-order valence-electron chi connectivity index (χ3n) is 3.88. The maximum Gasteiger partial charge on any atom is 0.319 e. The molecule has 0 aliphatic heterocycles. The van der Waals surface area contributed by atoms with Crippen LogP contribution in [0, 0.1) is 6.92 Å². The van der Waals surface area contributed by atoms with Gasteiger partial charge in [-0.15, -0.1) is 0 Å². The Hall–Kier alpha value is -2.86. The highest BCUT2D eigenvalue weighted by molar-refractivity contribution is 5.89. The first-order valence-electron chi connectivity index (χ1n) is 8.24. The van der Waals surface area contributed by atoms with Gasteiger partial charge in [-0.25, -0.2) is 9.78 Å². The fourth-order valence-electron chi connectivity index (χ4n) is 2.80. The number of carbonyl (C=O) groups is 1. The van der Waals surface area contributed by atoms with Crippen molar-refractivity contribution in [2.75, 3.05) is 26.0 Å². The van der Waals surface area contributed by atoms with E-state index in [0.717, 1.165) is 29.1 Å². The van der Waals surface area contributed by atoms with Gasteiger partial charge in [0, 0.05) is 18.9 Å². The van der Waals surface area contributed by atoms with Gasteiger partial charge in [0.15, 0.2) is 0 Å². The second-order valence-electron chi connectivity index (χ2n) is 6.39. The predicted molar refractivity (Wildman–Crippen MR) is 99.8 cm³/mol. The molecular formula is C19H23N5O. The molecule has 0 spiro atoms. The van der Waals surface area contributed by atoms with Crippen LogP contribution in [0.5, 0.6) is 0 Å². The van der Waals surface area contributed by atoms with E-state index in [2.05, 4.69) is 20.5 Å². The van der Waals surface area contributed by atoms with Gasteiger partial charge in [0.25, 0.3) is 0 Å². The number of hydrogen-bond acceptors (Lipinski definition) is 3. The van der Waals surface area contributed by atoms with E-state index in [1.807, 2.05) is 80.3 Å². The van der Waals surface area contributed by atoms with Gasteiger partial charge in [-0.2, -0.15) is 0 Å². The number of rotatable bonds is 5. The molecule has 2 amide bonds. The first-order valence-corrected chi connectivity index (χ1v) is 8.24. The standard InChI is InChI=1S/C19H23N5O/c1-14-11-24-12-16(9-10-18(24)20-14)21-19(25)22-17(13-23(2)3)15-7-5-4-6-8-15/h4-12,17H,13H2,1-3H3,(H2,21,22,25)/t17-/m0/s1. The average Bonchev–Trinajstić information content (AvgIpc) is 2.94. The van der Waals surface area contributed by atoms with Gasteiger partial charge in [0.2, 0.25) is 0 Å². The number of aryl methyl sites for hydroxylation is 1. The molecule has 0 aliphatic rings. The molecule has 0 fully saturated rings. The molecule has 6 nitrogen and oxygen atoms in total. The molecule has 130 valence electrons. The Labute approximate surface area is 147 Å². The molecule has 3 aromatic rings. The number of pyridine rings is 1. The summed E-state index contributed by atoms with van der Waals surface area (Å²) in [6, 6.07) is 13.4. The number of fused-ring (bicyclic) bond motifs is 1. The highest BCUT2D eigenvalue weighted by atomic mass is 16.2. The Bertz CT molecular complexity index is 857. The summed E-state index contributed by atoms with van der Waals surface area (Å²) in [5.41, 5.74) is 3.60. The zero-order valence-electron chi connectivity index (χ0n) is 14.7. The molecule has 0 radical (unpaired) electrons. The Morgan fingerprint density at radius 3 is 2.64 bits per heavy atom. The number of likely N-dealkylation sites (N-methyl/N-ethyl adjacent to an activating group) is 1. The third kappa shape index (κ3) is 4.36. The van der Waals surface area contributed by atoms with E-state index in [9.17, 15) is 4.79 Å². The largest absolute Gasteiger partial charge is 0.330 e. The number of anilines is 1. The molecule has 25 heavy (non-hydrogen) atoms. The van der Waals surface area contributed by atoms with Crippen molar-refractivity contribution in [3.63, 3.8) is 0 Å². The Morgan fingerprint density at radius 1 is 1.16 bits per heavy atom. The predicted octanol–water partition coefficient (Wildman–Crippen LogP) is 3.07. The molecule has 0 saturated carbocycles. The molecule has 0 aliphatic carbocycles. The number of aromatic nitrogens is 2. The molecule has 2 N–H and O–H groups in total. The molecule has 1 aromatic carbocycles. The lowest BCUT2D eigenvalue weighted by molar-refractivity contribution is 0.244. The number of amides is 2. The first kappa shape index (κ1) is 17.0. The SMILES string of the molecule is Cc1cn2cc(NC(=O)N[C@@H](CN(C)C)c3ccccc3)ccc2n1. The van der Waals surface area contributed by atoms with Crippen LogP contribution in [0.15, 0.2) is 54.9 Å². The highest BCUT2D eigenvalue weighted by Gasteiger charge is 2.15. The summed E-state index contributed by atoms with van der Waals surface area (Å²) in [5.74, 6) is 0. The van der Waals surface area contributed by atoms with Crippen LogP contribution < -0.4 is 10.6 Å². The van der Waals surface area contributed by atoms with Crippen molar-refractivity contribution in [1.82, 2.24) is 19.6 Å². The third-order valence-corrected chi connectivity index (χ3v) is 3.88. The van der Waals surface area contributed by atoms with Crippen LogP contribution in [0.1, 0.15) is 17.3 Å². The zero-order valence-corrected chi connectivity index (χ0v) is 14.7. The minimum absolute atomic E-state index is 0.0876. The summed E-state index contributed by atoms with van der Waals surface area (Å²) < 4.78 is 1.90. The van der Waals surface area contributed by atoms with Crippen LogP contribution in [0.2, 0.25) is 0 Å². The second kappa shape index (κ2) is 7.36. The summed E-state index contributed by atoms with van der Waals surface area (Å²) in [5, 5.41) is 5.95. The van der Waals surface area contributed by atoms with Gasteiger partial charge in [-0.3, -0.25) is 0 Å². The molecule has 2 aromatic heterocycles. The molecule has 2 heterocycles. The van der Waals surface area contributed by atoms with Crippen molar-refractivity contribution in [2.45, 2.75) is 13.0 Å². The maximum absolute atomic E-state index is 12.5. The van der Waals surface area contributed by atoms with Crippen molar-refractivity contribution in [3.8, 4) is 0 Å². The van der Waals surface area contributed by atoms with Crippen molar-refractivity contribution in [2.24, 2.45) is 0 Å². The van der Waals surface area contributed by atoms with Crippen LogP contribution in [0.25, 0.3) is 5.65 Å². The van der Waals surface area contributed by atoms with E-state index in [4.69, 9.17) is 0 Å². The maximum atomic E-state index is 12.5. The average molecular weight is 337 g/mol. The van der Waals surface area contributed by atoms with Crippen LogP contribution >= 0.6 is 0 Å². The summed E-state index contributed by atoms with van der Waals surface area (Å²) in [4.78, 5) is 18.9. The number of benzene rings is 1. The zero-order chi connectivity index (χ0) is 17.8. The van der Waals surface area contributed by atoms with Crippen LogP contribution in [0.3, 0.4) is 0 Å². The highest BCUT2D eigenvalue weighted by Crippen LogP contribution is 2.15. The molecular weight excluding hydrogens is 314 g/mol. The molecule has 6 heteroatoms. The molecule has 3 rings (SSSR count). The number of carbonyl (C=O) groups excluding carboxylic acids is 1. The van der Waals surface area contributed by atoms with E-state index in [1.165, 1.54) is 0 Å². The lowest BCUT2D eigenvalue weighted by atomic mass is 10.1. The molecule has 0 saturated heterocycles. The van der Waals surface area contributed by atoms with Gasteiger partial charge in [-0.05, 0) is 38.7 Å². The Morgan fingerprint density at radius 2 is 1.92 bits per heavy atom. The molecule has 1 atom stereocenters. The topological polar surface area (TPSA) is 61.7 Å². The summed E-state index contributed by atoms with van der Waals surface area (Å²) in [7, 11) is 3.98. The van der Waals surface area contributed by atoms with Crippen LogP contribution in [-0.4, -0.2) is 41.0 Å². The van der Waals surface area contributed by atoms with Gasteiger partial charge < -0.3 is 19.9 Å². The minimum Gasteiger partial charge on any atom is -0.330 e. The second-order valence-corrected chi connectivity index (χ2v) is 6.39. The fourth-order valence-corrected chi connectivity index (χ4v) is 2.80. The lowest BCUT2D eigenvalue weighted by Crippen LogP contribution is -2.37. The first-order chi connectivity index (χ1) is 12.0. The lowest BCUT2D eigenvalue weighted by Gasteiger charge is -2.23. The van der Waals surface area contributed by atoms with Crippen molar-refractivity contribution >= 4 is 17.4 Å². The summed E-state index contributed by atoms with van der Waals surface area (Å²) >= 11 is 0. The van der Waals surface area contributed by atoms with E-state index in [-0.39, 0.29) is 12.1 Å². The summed E-state index contributed by atoms with van der Waals surface area (Å²) in [6.07, 6.45) is 3.79. The summed E-state index contributed by atoms with van der Waals surface area (Å²) in [6.45, 7) is 2.66. The number of nitrogens with one attached hydrogen (secondary N) is 2. The van der Waals surface area contributed by atoms with Gasteiger partial charge >= 0.3 is 6.03 Å².